The van der Waals surface area contributed by atoms with Crippen LogP contribution >= 0.6 is 0 Å². The SMILES string of the molecule is CC(C)CCNc1ccc(N2CCOCC2)cc1. The Bertz CT molecular complexity index is 342. The molecule has 0 radical (unpaired) electrons. The number of anilines is 2. The molecule has 1 N–H and O–H groups in total. The van der Waals surface area contributed by atoms with E-state index in [1.165, 1.54) is 17.8 Å². The van der Waals surface area contributed by atoms with Crippen LogP contribution < -0.4 is 10.2 Å². The number of ether oxygens (including phenoxy) is 1. The molecule has 3 heteroatoms. The molecule has 0 atom stereocenters. The van der Waals surface area contributed by atoms with Crippen molar-refractivity contribution in [1.82, 2.24) is 0 Å². The Balaban J connectivity index is 1.84. The summed E-state index contributed by atoms with van der Waals surface area (Å²) in [6.45, 7) is 9.24. The predicted octanol–water partition coefficient (Wildman–Crippen LogP) is 2.98. The van der Waals surface area contributed by atoms with Gasteiger partial charge in [0.25, 0.3) is 0 Å². The summed E-state index contributed by atoms with van der Waals surface area (Å²) in [5.74, 6) is 0.755. The van der Waals surface area contributed by atoms with Gasteiger partial charge in [0, 0.05) is 31.0 Å². The lowest BCUT2D eigenvalue weighted by molar-refractivity contribution is 0.122. The summed E-state index contributed by atoms with van der Waals surface area (Å²) in [5.41, 5.74) is 2.51. The van der Waals surface area contributed by atoms with Crippen LogP contribution in [-0.4, -0.2) is 32.8 Å². The van der Waals surface area contributed by atoms with Gasteiger partial charge in [-0.1, -0.05) is 13.8 Å². The van der Waals surface area contributed by atoms with Gasteiger partial charge >= 0.3 is 0 Å². The van der Waals surface area contributed by atoms with Crippen LogP contribution in [0.3, 0.4) is 0 Å². The average Bonchev–Trinajstić information content (AvgIpc) is 2.40. The minimum Gasteiger partial charge on any atom is -0.385 e. The molecule has 1 fully saturated rings. The molecule has 0 unspecified atom stereocenters. The molecule has 1 aliphatic heterocycles. The second-order valence-electron chi connectivity index (χ2n) is 5.26. The van der Waals surface area contributed by atoms with Crippen LogP contribution in [0.1, 0.15) is 20.3 Å². The third-order valence-electron chi connectivity index (χ3n) is 3.29. The molecule has 0 amide bonds. The summed E-state index contributed by atoms with van der Waals surface area (Å²) in [7, 11) is 0. The van der Waals surface area contributed by atoms with Crippen molar-refractivity contribution < 1.29 is 4.74 Å². The Hall–Kier alpha value is -1.22. The van der Waals surface area contributed by atoms with Gasteiger partial charge in [-0.05, 0) is 36.6 Å². The third-order valence-corrected chi connectivity index (χ3v) is 3.29. The molecule has 3 nitrogen and oxygen atoms in total. The van der Waals surface area contributed by atoms with E-state index in [2.05, 4.69) is 48.3 Å². The first-order valence-electron chi connectivity index (χ1n) is 6.92. The molecular formula is C15H24N2O. The molecule has 1 saturated heterocycles. The standard InChI is InChI=1S/C15H24N2O/c1-13(2)7-8-16-14-3-5-15(6-4-14)17-9-11-18-12-10-17/h3-6,13,16H,7-12H2,1-2H3. The summed E-state index contributed by atoms with van der Waals surface area (Å²) in [5, 5.41) is 3.46. The van der Waals surface area contributed by atoms with E-state index in [4.69, 9.17) is 4.74 Å². The maximum absolute atomic E-state index is 5.37. The summed E-state index contributed by atoms with van der Waals surface area (Å²) in [6, 6.07) is 8.74. The van der Waals surface area contributed by atoms with Crippen LogP contribution in [0.4, 0.5) is 11.4 Å². The van der Waals surface area contributed by atoms with Crippen molar-refractivity contribution in [3.8, 4) is 0 Å². The van der Waals surface area contributed by atoms with Crippen molar-refractivity contribution in [3.05, 3.63) is 24.3 Å². The van der Waals surface area contributed by atoms with Gasteiger partial charge < -0.3 is 15.0 Å². The van der Waals surface area contributed by atoms with E-state index in [1.807, 2.05) is 0 Å². The highest BCUT2D eigenvalue weighted by molar-refractivity contribution is 5.55. The number of rotatable bonds is 5. The number of morpholine rings is 1. The van der Waals surface area contributed by atoms with Crippen molar-refractivity contribution in [2.24, 2.45) is 5.92 Å². The van der Waals surface area contributed by atoms with Crippen LogP contribution in [-0.2, 0) is 4.74 Å². The number of nitrogens with one attached hydrogen (secondary N) is 1. The summed E-state index contributed by atoms with van der Waals surface area (Å²) < 4.78 is 5.37. The largest absolute Gasteiger partial charge is 0.385 e. The molecule has 100 valence electrons. The first kappa shape index (κ1) is 13.2. The smallest absolute Gasteiger partial charge is 0.0642 e. The maximum Gasteiger partial charge on any atom is 0.0642 e. The molecule has 18 heavy (non-hydrogen) atoms. The number of hydrogen-bond donors (Lipinski definition) is 1. The first-order chi connectivity index (χ1) is 8.75. The third kappa shape index (κ3) is 3.91. The average molecular weight is 248 g/mol. The fraction of sp³-hybridized carbons (Fsp3) is 0.600. The molecule has 0 saturated carbocycles. The number of benzene rings is 1. The molecule has 0 aliphatic carbocycles. The quantitative estimate of drug-likeness (QED) is 0.867. The van der Waals surface area contributed by atoms with Crippen molar-refractivity contribution in [2.75, 3.05) is 43.1 Å². The minimum absolute atomic E-state index is 0.755. The molecule has 0 aromatic heterocycles. The van der Waals surface area contributed by atoms with E-state index in [-0.39, 0.29) is 0 Å². The van der Waals surface area contributed by atoms with Gasteiger partial charge in [0.15, 0.2) is 0 Å². The molecule has 0 spiro atoms. The highest BCUT2D eigenvalue weighted by Gasteiger charge is 2.10. The van der Waals surface area contributed by atoms with Crippen molar-refractivity contribution in [3.63, 3.8) is 0 Å². The number of nitrogens with zero attached hydrogens (tertiary/aromatic N) is 1. The highest BCUT2D eigenvalue weighted by Crippen LogP contribution is 2.19. The van der Waals surface area contributed by atoms with Gasteiger partial charge in [-0.3, -0.25) is 0 Å². The Morgan fingerprint density at radius 3 is 2.44 bits per heavy atom. The summed E-state index contributed by atoms with van der Waals surface area (Å²) in [6.07, 6.45) is 1.21. The van der Waals surface area contributed by atoms with Crippen LogP contribution in [0.2, 0.25) is 0 Å². The van der Waals surface area contributed by atoms with Crippen molar-refractivity contribution >= 4 is 11.4 Å². The Kier molecular flexibility index (Phi) is 4.88. The lowest BCUT2D eigenvalue weighted by Crippen LogP contribution is -2.36. The molecule has 1 aromatic carbocycles. The summed E-state index contributed by atoms with van der Waals surface area (Å²) >= 11 is 0. The lowest BCUT2D eigenvalue weighted by Gasteiger charge is -2.29. The fourth-order valence-corrected chi connectivity index (χ4v) is 2.12. The molecule has 1 aromatic rings. The van der Waals surface area contributed by atoms with E-state index in [0.29, 0.717) is 0 Å². The molecule has 1 aliphatic rings. The molecule has 0 bridgehead atoms. The van der Waals surface area contributed by atoms with Crippen LogP contribution in [0.5, 0.6) is 0 Å². The van der Waals surface area contributed by atoms with E-state index in [1.54, 1.807) is 0 Å². The van der Waals surface area contributed by atoms with E-state index in [0.717, 1.165) is 38.8 Å². The van der Waals surface area contributed by atoms with Gasteiger partial charge in [0.2, 0.25) is 0 Å². The Morgan fingerprint density at radius 2 is 1.83 bits per heavy atom. The van der Waals surface area contributed by atoms with Gasteiger partial charge in [-0.25, -0.2) is 0 Å². The zero-order valence-electron chi connectivity index (χ0n) is 11.5. The monoisotopic (exact) mass is 248 g/mol. The minimum atomic E-state index is 0.755. The van der Waals surface area contributed by atoms with Crippen molar-refractivity contribution in [2.45, 2.75) is 20.3 Å². The maximum atomic E-state index is 5.37. The fourth-order valence-electron chi connectivity index (χ4n) is 2.12. The van der Waals surface area contributed by atoms with E-state index >= 15 is 0 Å². The molecular weight excluding hydrogens is 224 g/mol. The summed E-state index contributed by atoms with van der Waals surface area (Å²) in [4.78, 5) is 2.38. The van der Waals surface area contributed by atoms with Gasteiger partial charge in [0.05, 0.1) is 13.2 Å². The van der Waals surface area contributed by atoms with Crippen LogP contribution in [0.15, 0.2) is 24.3 Å². The van der Waals surface area contributed by atoms with Crippen LogP contribution in [0, 0.1) is 5.92 Å². The zero-order chi connectivity index (χ0) is 12.8. The Morgan fingerprint density at radius 1 is 1.17 bits per heavy atom. The first-order valence-corrected chi connectivity index (χ1v) is 6.92. The van der Waals surface area contributed by atoms with E-state index < -0.39 is 0 Å². The van der Waals surface area contributed by atoms with Gasteiger partial charge in [0.1, 0.15) is 0 Å². The zero-order valence-corrected chi connectivity index (χ0v) is 11.5. The second kappa shape index (κ2) is 6.64. The van der Waals surface area contributed by atoms with Gasteiger partial charge in [-0.2, -0.15) is 0 Å². The molecule has 1 heterocycles. The van der Waals surface area contributed by atoms with Crippen molar-refractivity contribution in [1.29, 1.82) is 0 Å². The molecule has 2 rings (SSSR count). The van der Waals surface area contributed by atoms with Crippen LogP contribution in [0.25, 0.3) is 0 Å². The predicted molar refractivity (Wildman–Crippen MR) is 77.4 cm³/mol. The second-order valence-corrected chi connectivity index (χ2v) is 5.26. The topological polar surface area (TPSA) is 24.5 Å². The van der Waals surface area contributed by atoms with Gasteiger partial charge in [-0.15, -0.1) is 0 Å². The lowest BCUT2D eigenvalue weighted by atomic mass is 10.1. The van der Waals surface area contributed by atoms with E-state index in [9.17, 15) is 0 Å². The normalized spacial score (nSPS) is 16.1. The Labute approximate surface area is 110 Å². The number of hydrogen-bond acceptors (Lipinski definition) is 3. The highest BCUT2D eigenvalue weighted by atomic mass is 16.5.